The average Bonchev–Trinajstić information content (AvgIpc) is 1.90. The molecule has 0 spiro atoms. The summed E-state index contributed by atoms with van der Waals surface area (Å²) in [6.45, 7) is 4.56. The van der Waals surface area contributed by atoms with Crippen LogP contribution < -0.4 is 10.6 Å². The molecule has 0 radical (unpaired) electrons. The summed E-state index contributed by atoms with van der Waals surface area (Å²) in [5.41, 5.74) is 0. The zero-order chi connectivity index (χ0) is 7.82. The molecular formula is C5H13KN2O3. The Bertz CT molecular complexity index is 82.2. The van der Waals surface area contributed by atoms with Gasteiger partial charge in [0, 0.05) is 26.2 Å². The minimum absolute atomic E-state index is 0. The van der Waals surface area contributed by atoms with Crippen LogP contribution in [0.4, 0.5) is 4.79 Å². The van der Waals surface area contributed by atoms with Gasteiger partial charge in [-0.05, 0) is 0 Å². The van der Waals surface area contributed by atoms with Crippen LogP contribution in [0.25, 0.3) is 0 Å². The third kappa shape index (κ3) is 18.1. The summed E-state index contributed by atoms with van der Waals surface area (Å²) in [5, 5.41) is 20.4. The molecule has 0 saturated carbocycles. The molecule has 62 valence electrons. The van der Waals surface area contributed by atoms with Crippen molar-refractivity contribution in [3.63, 3.8) is 0 Å². The molecule has 1 aliphatic heterocycles. The third-order valence-corrected chi connectivity index (χ3v) is 0.957. The zero-order valence-electron chi connectivity index (χ0n) is 5.63. The van der Waals surface area contributed by atoms with Crippen molar-refractivity contribution < 1.29 is 15.0 Å². The molecule has 1 saturated heterocycles. The molecule has 4 N–H and O–H groups in total. The van der Waals surface area contributed by atoms with Crippen LogP contribution in [0.15, 0.2) is 0 Å². The van der Waals surface area contributed by atoms with Crippen LogP contribution in [0, 0.1) is 0 Å². The van der Waals surface area contributed by atoms with Crippen LogP contribution in [0.2, 0.25) is 0 Å². The fourth-order valence-electron chi connectivity index (χ4n) is 0.604. The standard InChI is InChI=1S/C4H10N2.CH2O3.K.H/c1-2-6-4-3-5-1;2-1(3)4;;/h5-6H,1-4H2;(H2,2,3,4);;. The van der Waals surface area contributed by atoms with Crippen molar-refractivity contribution in [2.75, 3.05) is 26.2 Å². The van der Waals surface area contributed by atoms with Gasteiger partial charge in [-0.25, -0.2) is 4.79 Å². The fourth-order valence-corrected chi connectivity index (χ4v) is 0.604. The van der Waals surface area contributed by atoms with Crippen LogP contribution in [-0.2, 0) is 0 Å². The van der Waals surface area contributed by atoms with E-state index in [1.165, 1.54) is 0 Å². The molecule has 1 heterocycles. The second-order valence-electron chi connectivity index (χ2n) is 1.78. The molecule has 6 heteroatoms. The topological polar surface area (TPSA) is 81.6 Å². The summed E-state index contributed by atoms with van der Waals surface area (Å²) in [5.74, 6) is 0. The van der Waals surface area contributed by atoms with Crippen LogP contribution in [0.3, 0.4) is 0 Å². The molecule has 0 amide bonds. The van der Waals surface area contributed by atoms with E-state index in [0.717, 1.165) is 26.2 Å². The first-order valence-electron chi connectivity index (χ1n) is 3.07. The third-order valence-electron chi connectivity index (χ3n) is 0.957. The van der Waals surface area contributed by atoms with E-state index in [0.29, 0.717) is 0 Å². The SMILES string of the molecule is C1CNCCN1.O=C(O)O.[KH]. The molecule has 0 atom stereocenters. The van der Waals surface area contributed by atoms with Gasteiger partial charge in [-0.2, -0.15) is 0 Å². The monoisotopic (exact) mass is 188 g/mol. The number of carboxylic acid groups (broad SMARTS) is 2. The first-order valence-corrected chi connectivity index (χ1v) is 3.07. The van der Waals surface area contributed by atoms with Crippen molar-refractivity contribution in [3.8, 4) is 0 Å². The molecule has 0 aliphatic carbocycles. The van der Waals surface area contributed by atoms with Gasteiger partial charge in [-0.15, -0.1) is 0 Å². The molecule has 1 aliphatic rings. The van der Waals surface area contributed by atoms with E-state index in [1.807, 2.05) is 0 Å². The van der Waals surface area contributed by atoms with Crippen molar-refractivity contribution in [1.82, 2.24) is 10.6 Å². The van der Waals surface area contributed by atoms with Gasteiger partial charge in [-0.1, -0.05) is 0 Å². The summed E-state index contributed by atoms with van der Waals surface area (Å²) in [6, 6.07) is 0. The van der Waals surface area contributed by atoms with Gasteiger partial charge < -0.3 is 20.8 Å². The van der Waals surface area contributed by atoms with Crippen LogP contribution >= 0.6 is 0 Å². The second-order valence-corrected chi connectivity index (χ2v) is 1.78. The van der Waals surface area contributed by atoms with Gasteiger partial charge in [0.2, 0.25) is 0 Å². The normalized spacial score (nSPS) is 15.3. The molecule has 0 aromatic rings. The predicted octanol–water partition coefficient (Wildman–Crippen LogP) is -1.25. The Morgan fingerprint density at radius 3 is 1.27 bits per heavy atom. The maximum atomic E-state index is 8.56. The van der Waals surface area contributed by atoms with Crippen molar-refractivity contribution in [1.29, 1.82) is 0 Å². The van der Waals surface area contributed by atoms with E-state index >= 15 is 0 Å². The van der Waals surface area contributed by atoms with Gasteiger partial charge in [-0.3, -0.25) is 0 Å². The number of carbonyl (C=O) groups is 1. The van der Waals surface area contributed by atoms with Gasteiger partial charge in [0.05, 0.1) is 0 Å². The Morgan fingerprint density at radius 1 is 1.00 bits per heavy atom. The first kappa shape index (κ1) is 14.4. The Balaban J connectivity index is 0. The summed E-state index contributed by atoms with van der Waals surface area (Å²) < 4.78 is 0. The van der Waals surface area contributed by atoms with Crippen molar-refractivity contribution in [2.24, 2.45) is 0 Å². The first-order chi connectivity index (χ1) is 4.73. The van der Waals surface area contributed by atoms with Gasteiger partial charge >= 0.3 is 57.5 Å². The Morgan fingerprint density at radius 2 is 1.18 bits per heavy atom. The number of piperazine rings is 1. The molecule has 0 unspecified atom stereocenters. The minimum atomic E-state index is -1.83. The fraction of sp³-hybridized carbons (Fsp3) is 0.800. The number of nitrogens with one attached hydrogen (secondary N) is 2. The summed E-state index contributed by atoms with van der Waals surface area (Å²) in [4.78, 5) is 8.56. The molecule has 0 aromatic heterocycles. The van der Waals surface area contributed by atoms with Gasteiger partial charge in [0.1, 0.15) is 0 Å². The van der Waals surface area contributed by atoms with Gasteiger partial charge in [0.15, 0.2) is 0 Å². The predicted molar refractivity (Wildman–Crippen MR) is 43.5 cm³/mol. The molecule has 1 fully saturated rings. The summed E-state index contributed by atoms with van der Waals surface area (Å²) in [7, 11) is 0. The van der Waals surface area contributed by atoms with Crippen molar-refractivity contribution in [3.05, 3.63) is 0 Å². The summed E-state index contributed by atoms with van der Waals surface area (Å²) >= 11 is 0. The van der Waals surface area contributed by atoms with Crippen LogP contribution in [0.5, 0.6) is 0 Å². The molecule has 1 rings (SSSR count). The van der Waals surface area contributed by atoms with E-state index in [-0.39, 0.29) is 51.4 Å². The van der Waals surface area contributed by atoms with Crippen molar-refractivity contribution >= 4 is 57.5 Å². The van der Waals surface area contributed by atoms with E-state index in [9.17, 15) is 0 Å². The number of hydrogen-bond donors (Lipinski definition) is 4. The second kappa shape index (κ2) is 10.8. The van der Waals surface area contributed by atoms with Crippen LogP contribution in [0.1, 0.15) is 0 Å². The molecule has 5 nitrogen and oxygen atoms in total. The Hall–Kier alpha value is 0.826. The van der Waals surface area contributed by atoms with E-state index in [1.54, 1.807) is 0 Å². The Kier molecular flexibility index (Phi) is 14.1. The quantitative estimate of drug-likeness (QED) is 0.357. The molecule has 11 heavy (non-hydrogen) atoms. The van der Waals surface area contributed by atoms with Gasteiger partial charge in [0.25, 0.3) is 0 Å². The zero-order valence-corrected chi connectivity index (χ0v) is 5.63. The molecule has 0 bridgehead atoms. The van der Waals surface area contributed by atoms with Crippen LogP contribution in [-0.4, -0.2) is 93.9 Å². The van der Waals surface area contributed by atoms with Crippen molar-refractivity contribution in [2.45, 2.75) is 0 Å². The molecule has 0 aromatic carbocycles. The average molecular weight is 188 g/mol. The number of rotatable bonds is 0. The number of hydrogen-bond acceptors (Lipinski definition) is 3. The van der Waals surface area contributed by atoms with E-state index in [2.05, 4.69) is 10.6 Å². The maximum absolute atomic E-state index is 8.56. The van der Waals surface area contributed by atoms with E-state index < -0.39 is 6.16 Å². The Labute approximate surface area is 108 Å². The van der Waals surface area contributed by atoms with E-state index in [4.69, 9.17) is 15.0 Å². The summed E-state index contributed by atoms with van der Waals surface area (Å²) in [6.07, 6.45) is -1.83. The molecular weight excluding hydrogens is 175 g/mol.